The number of hydrogen-bond acceptors (Lipinski definition) is 2. The van der Waals surface area contributed by atoms with Gasteiger partial charge in [-0.3, -0.25) is 0 Å². The molecule has 1 heterocycles. The lowest BCUT2D eigenvalue weighted by Crippen LogP contribution is -2.39. The van der Waals surface area contributed by atoms with Crippen molar-refractivity contribution in [3.05, 3.63) is 34.9 Å². The van der Waals surface area contributed by atoms with Gasteiger partial charge in [-0.15, -0.1) is 0 Å². The summed E-state index contributed by atoms with van der Waals surface area (Å²) in [7, 11) is 2.02. The van der Waals surface area contributed by atoms with Crippen molar-refractivity contribution < 1.29 is 4.74 Å². The van der Waals surface area contributed by atoms with Gasteiger partial charge in [-0.25, -0.2) is 0 Å². The molecule has 0 radical (unpaired) electrons. The van der Waals surface area contributed by atoms with Gasteiger partial charge in [-0.2, -0.15) is 0 Å². The molecule has 0 aromatic heterocycles. The molecule has 0 amide bonds. The van der Waals surface area contributed by atoms with Crippen LogP contribution in [0.15, 0.2) is 18.2 Å². The average Bonchev–Trinajstić information content (AvgIpc) is 2.65. The van der Waals surface area contributed by atoms with Crippen molar-refractivity contribution in [1.82, 2.24) is 5.32 Å². The van der Waals surface area contributed by atoms with Gasteiger partial charge < -0.3 is 10.1 Å². The molecule has 2 nitrogen and oxygen atoms in total. The van der Waals surface area contributed by atoms with Crippen LogP contribution in [0.1, 0.15) is 42.5 Å². The molecule has 1 N–H and O–H groups in total. The molecule has 1 aliphatic heterocycles. The summed E-state index contributed by atoms with van der Waals surface area (Å²) >= 11 is 0. The smallest absolute Gasteiger partial charge is 0.0849 e. The molecule has 2 heteroatoms. The summed E-state index contributed by atoms with van der Waals surface area (Å²) in [5.74, 6) is 0. The van der Waals surface area contributed by atoms with Gasteiger partial charge in [-0.1, -0.05) is 29.3 Å². The van der Waals surface area contributed by atoms with Gasteiger partial charge in [0.2, 0.25) is 0 Å². The van der Waals surface area contributed by atoms with Gasteiger partial charge in [-0.05, 0) is 46.2 Å². The van der Waals surface area contributed by atoms with Crippen molar-refractivity contribution >= 4 is 0 Å². The van der Waals surface area contributed by atoms with E-state index in [2.05, 4.69) is 44.3 Å². The molecule has 1 aromatic carbocycles. The van der Waals surface area contributed by atoms with Gasteiger partial charge in [0, 0.05) is 6.61 Å². The van der Waals surface area contributed by atoms with Gasteiger partial charge in [0.25, 0.3) is 0 Å². The van der Waals surface area contributed by atoms with E-state index in [1.54, 1.807) is 0 Å². The number of nitrogens with one attached hydrogen (secondary N) is 1. The standard InChI is InChI=1S/C15H23NO/c1-11-8-12(2)10-13(9-11)14(16-4)15(3)6-5-7-17-15/h8-10,14,16H,5-7H2,1-4H3. The van der Waals surface area contributed by atoms with Crippen LogP contribution in [0.3, 0.4) is 0 Å². The molecule has 0 spiro atoms. The zero-order chi connectivity index (χ0) is 12.5. The van der Waals surface area contributed by atoms with E-state index in [9.17, 15) is 0 Å². The molecule has 1 fully saturated rings. The van der Waals surface area contributed by atoms with E-state index in [4.69, 9.17) is 4.74 Å². The Bertz CT molecular complexity index is 374. The lowest BCUT2D eigenvalue weighted by Gasteiger charge is -2.34. The minimum atomic E-state index is -0.0605. The third kappa shape index (κ3) is 2.53. The Morgan fingerprint density at radius 2 is 1.88 bits per heavy atom. The lowest BCUT2D eigenvalue weighted by atomic mass is 9.86. The summed E-state index contributed by atoms with van der Waals surface area (Å²) in [4.78, 5) is 0. The average molecular weight is 233 g/mol. The number of hydrogen-bond donors (Lipinski definition) is 1. The van der Waals surface area contributed by atoms with Gasteiger partial charge in [0.15, 0.2) is 0 Å². The molecule has 0 saturated carbocycles. The third-order valence-corrected chi connectivity index (χ3v) is 3.73. The van der Waals surface area contributed by atoms with Crippen LogP contribution in [0.2, 0.25) is 0 Å². The monoisotopic (exact) mass is 233 g/mol. The first-order valence-corrected chi connectivity index (χ1v) is 6.44. The zero-order valence-corrected chi connectivity index (χ0v) is 11.3. The molecule has 94 valence electrons. The molecule has 1 aromatic rings. The van der Waals surface area contributed by atoms with Crippen molar-refractivity contribution in [2.75, 3.05) is 13.7 Å². The minimum absolute atomic E-state index is 0.0605. The van der Waals surface area contributed by atoms with E-state index in [0.717, 1.165) is 13.0 Å². The summed E-state index contributed by atoms with van der Waals surface area (Å²) in [5, 5.41) is 3.43. The van der Waals surface area contributed by atoms with Crippen LogP contribution in [-0.2, 0) is 4.74 Å². The van der Waals surface area contributed by atoms with Crippen LogP contribution in [-0.4, -0.2) is 19.3 Å². The number of ether oxygens (including phenoxy) is 1. The van der Waals surface area contributed by atoms with Crippen molar-refractivity contribution in [3.63, 3.8) is 0 Å². The van der Waals surface area contributed by atoms with Crippen molar-refractivity contribution in [1.29, 1.82) is 0 Å². The quantitative estimate of drug-likeness (QED) is 0.866. The summed E-state index contributed by atoms with van der Waals surface area (Å²) < 4.78 is 5.97. The summed E-state index contributed by atoms with van der Waals surface area (Å²) in [6.45, 7) is 7.42. The topological polar surface area (TPSA) is 21.3 Å². The number of rotatable bonds is 3. The maximum Gasteiger partial charge on any atom is 0.0849 e. The van der Waals surface area contributed by atoms with Crippen LogP contribution in [0.5, 0.6) is 0 Å². The Labute approximate surface area is 104 Å². The SMILES string of the molecule is CNC(c1cc(C)cc(C)c1)C1(C)CCCO1. The molecular weight excluding hydrogens is 210 g/mol. The molecule has 2 unspecified atom stereocenters. The normalized spacial score (nSPS) is 26.1. The minimum Gasteiger partial charge on any atom is -0.373 e. The van der Waals surface area contributed by atoms with E-state index in [1.807, 2.05) is 7.05 Å². The van der Waals surface area contributed by atoms with E-state index < -0.39 is 0 Å². The Hall–Kier alpha value is -0.860. The highest BCUT2D eigenvalue weighted by Gasteiger charge is 2.38. The summed E-state index contributed by atoms with van der Waals surface area (Å²) in [6, 6.07) is 7.03. The Morgan fingerprint density at radius 1 is 1.24 bits per heavy atom. The molecule has 0 aliphatic carbocycles. The highest BCUT2D eigenvalue weighted by atomic mass is 16.5. The number of benzene rings is 1. The van der Waals surface area contributed by atoms with Crippen molar-refractivity contribution in [3.8, 4) is 0 Å². The largest absolute Gasteiger partial charge is 0.373 e. The lowest BCUT2D eigenvalue weighted by molar-refractivity contribution is -0.0105. The summed E-state index contributed by atoms with van der Waals surface area (Å²) in [6.07, 6.45) is 2.30. The first-order valence-electron chi connectivity index (χ1n) is 6.44. The maximum absolute atomic E-state index is 5.97. The zero-order valence-electron chi connectivity index (χ0n) is 11.3. The molecular formula is C15H23NO. The number of likely N-dealkylation sites (N-methyl/N-ethyl adjacent to an activating group) is 1. The van der Waals surface area contributed by atoms with Crippen LogP contribution in [0, 0.1) is 13.8 Å². The fourth-order valence-electron chi connectivity index (χ4n) is 3.03. The van der Waals surface area contributed by atoms with Crippen LogP contribution in [0.25, 0.3) is 0 Å². The van der Waals surface area contributed by atoms with Crippen LogP contribution in [0.4, 0.5) is 0 Å². The van der Waals surface area contributed by atoms with Crippen molar-refractivity contribution in [2.45, 2.75) is 45.3 Å². The van der Waals surface area contributed by atoms with Gasteiger partial charge in [0.1, 0.15) is 0 Å². The number of aryl methyl sites for hydroxylation is 2. The Balaban J connectivity index is 2.34. The molecule has 0 bridgehead atoms. The fraction of sp³-hybridized carbons (Fsp3) is 0.600. The van der Waals surface area contributed by atoms with E-state index in [-0.39, 0.29) is 11.6 Å². The van der Waals surface area contributed by atoms with Gasteiger partial charge in [0.05, 0.1) is 11.6 Å². The maximum atomic E-state index is 5.97. The first kappa shape index (κ1) is 12.6. The fourth-order valence-corrected chi connectivity index (χ4v) is 3.03. The predicted molar refractivity (Wildman–Crippen MR) is 71.3 cm³/mol. The Kier molecular flexibility index (Phi) is 3.55. The molecule has 2 atom stereocenters. The second-order valence-electron chi connectivity index (χ2n) is 5.41. The van der Waals surface area contributed by atoms with Gasteiger partial charge >= 0.3 is 0 Å². The molecule has 1 aliphatic rings. The van der Waals surface area contributed by atoms with E-state index in [0.29, 0.717) is 0 Å². The van der Waals surface area contributed by atoms with E-state index >= 15 is 0 Å². The highest BCUT2D eigenvalue weighted by Crippen LogP contribution is 2.37. The van der Waals surface area contributed by atoms with Crippen LogP contribution >= 0.6 is 0 Å². The van der Waals surface area contributed by atoms with Crippen LogP contribution < -0.4 is 5.32 Å². The highest BCUT2D eigenvalue weighted by molar-refractivity contribution is 5.32. The van der Waals surface area contributed by atoms with E-state index in [1.165, 1.54) is 23.1 Å². The molecule has 1 saturated heterocycles. The third-order valence-electron chi connectivity index (χ3n) is 3.73. The second kappa shape index (κ2) is 4.79. The molecule has 2 rings (SSSR count). The predicted octanol–water partition coefficient (Wildman–Crippen LogP) is 3.13. The first-order chi connectivity index (χ1) is 8.05. The Morgan fingerprint density at radius 3 is 2.35 bits per heavy atom. The molecule has 17 heavy (non-hydrogen) atoms. The van der Waals surface area contributed by atoms with Crippen molar-refractivity contribution in [2.24, 2.45) is 0 Å². The second-order valence-corrected chi connectivity index (χ2v) is 5.41. The summed E-state index contributed by atoms with van der Waals surface area (Å²) in [5.41, 5.74) is 3.92.